The number of benzene rings is 1. The minimum absolute atomic E-state index is 0.159. The summed E-state index contributed by atoms with van der Waals surface area (Å²) in [5, 5.41) is 0. The third kappa shape index (κ3) is 3.59. The van der Waals surface area contributed by atoms with E-state index in [0.29, 0.717) is 17.7 Å². The van der Waals surface area contributed by atoms with Gasteiger partial charge in [-0.1, -0.05) is 0 Å². The maximum absolute atomic E-state index is 12.1. The number of hydrogen-bond acceptors (Lipinski definition) is 3. The van der Waals surface area contributed by atoms with Crippen LogP contribution in [0, 0.1) is 0 Å². The molecule has 0 aliphatic carbocycles. The Morgan fingerprint density at radius 1 is 1.33 bits per heavy atom. The lowest BCUT2D eigenvalue weighted by atomic mass is 10.3. The third-order valence-corrected chi connectivity index (χ3v) is 1.90. The zero-order chi connectivity index (χ0) is 11.1. The Kier molecular flexibility index (Phi) is 4.63. The van der Waals surface area contributed by atoms with E-state index in [9.17, 15) is 4.39 Å². The highest BCUT2D eigenvalue weighted by molar-refractivity contribution is 5.31. The van der Waals surface area contributed by atoms with Crippen molar-refractivity contribution in [1.29, 1.82) is 0 Å². The molecule has 4 heteroatoms. The summed E-state index contributed by atoms with van der Waals surface area (Å²) >= 11 is 0. The first-order valence-electron chi connectivity index (χ1n) is 4.55. The Hall–Kier alpha value is -1.55. The first-order chi connectivity index (χ1) is 7.30. The number of nitrogens with two attached hydrogens (primary N) is 1. The molecule has 0 heterocycles. The topological polar surface area (TPSA) is 44.5 Å². The van der Waals surface area contributed by atoms with Crippen molar-refractivity contribution in [1.82, 2.24) is 0 Å². The first kappa shape index (κ1) is 11.5. The molecule has 82 valence electrons. The second kappa shape index (κ2) is 6.03. The molecule has 0 amide bonds. The summed E-state index contributed by atoms with van der Waals surface area (Å²) in [6, 6.07) is 7.06. The molecule has 15 heavy (non-hydrogen) atoms. The molecule has 3 nitrogen and oxygen atoms in total. The van der Waals surface area contributed by atoms with Gasteiger partial charge in [-0.15, -0.1) is 0 Å². The summed E-state index contributed by atoms with van der Waals surface area (Å²) < 4.78 is 22.4. The molecule has 0 saturated heterocycles. The highest BCUT2D eigenvalue weighted by Crippen LogP contribution is 2.17. The van der Waals surface area contributed by atoms with E-state index < -0.39 is 0 Å². The molecule has 0 unspecified atom stereocenters. The van der Waals surface area contributed by atoms with E-state index in [1.165, 1.54) is 0 Å². The Balaban J connectivity index is 2.51. The molecule has 0 saturated carbocycles. The normalized spacial score (nSPS) is 11.3. The smallest absolute Gasteiger partial charge is 0.120 e. The highest BCUT2D eigenvalue weighted by atomic mass is 19.1. The van der Waals surface area contributed by atoms with Crippen LogP contribution in [0.5, 0.6) is 11.5 Å². The van der Waals surface area contributed by atoms with E-state index >= 15 is 0 Å². The number of methoxy groups -OCH3 is 1. The van der Waals surface area contributed by atoms with Gasteiger partial charge in [0.15, 0.2) is 0 Å². The van der Waals surface area contributed by atoms with Crippen LogP contribution in [0.15, 0.2) is 36.2 Å². The van der Waals surface area contributed by atoms with E-state index in [0.717, 1.165) is 5.75 Å². The fourth-order valence-corrected chi connectivity index (χ4v) is 0.983. The Morgan fingerprint density at radius 3 is 2.40 bits per heavy atom. The standard InChI is InChI=1S/C11H14FNO2/c1-14-10-2-4-11(5-3-10)15-8-9(6-12)7-13/h2-6H,7-8,13H2,1H3/b9-6+. The van der Waals surface area contributed by atoms with Crippen LogP contribution in [-0.4, -0.2) is 20.3 Å². The summed E-state index contributed by atoms with van der Waals surface area (Å²) in [6.07, 6.45) is 0.476. The largest absolute Gasteiger partial charge is 0.497 e. The van der Waals surface area contributed by atoms with E-state index in [1.54, 1.807) is 31.4 Å². The molecule has 0 radical (unpaired) electrons. The third-order valence-electron chi connectivity index (χ3n) is 1.90. The van der Waals surface area contributed by atoms with Gasteiger partial charge in [0.2, 0.25) is 0 Å². The molecule has 2 N–H and O–H groups in total. The van der Waals surface area contributed by atoms with Crippen LogP contribution in [0.1, 0.15) is 0 Å². The van der Waals surface area contributed by atoms with Gasteiger partial charge in [0.1, 0.15) is 18.1 Å². The molecule has 0 bridgehead atoms. The van der Waals surface area contributed by atoms with Crippen molar-refractivity contribution in [3.63, 3.8) is 0 Å². The zero-order valence-electron chi connectivity index (χ0n) is 8.57. The van der Waals surface area contributed by atoms with Gasteiger partial charge < -0.3 is 15.2 Å². The number of hydrogen-bond donors (Lipinski definition) is 1. The van der Waals surface area contributed by atoms with Crippen LogP contribution in [0.3, 0.4) is 0 Å². The fraction of sp³-hybridized carbons (Fsp3) is 0.273. The number of halogens is 1. The zero-order valence-corrected chi connectivity index (χ0v) is 8.57. The summed E-state index contributed by atoms with van der Waals surface area (Å²) in [5.41, 5.74) is 5.71. The van der Waals surface area contributed by atoms with Gasteiger partial charge in [0.05, 0.1) is 13.4 Å². The van der Waals surface area contributed by atoms with Crippen molar-refractivity contribution in [2.45, 2.75) is 0 Å². The lowest BCUT2D eigenvalue weighted by molar-refractivity contribution is 0.346. The molecule has 0 aromatic heterocycles. The number of rotatable bonds is 5. The maximum atomic E-state index is 12.1. The van der Waals surface area contributed by atoms with E-state index in [1.807, 2.05) is 0 Å². The predicted molar refractivity (Wildman–Crippen MR) is 56.7 cm³/mol. The van der Waals surface area contributed by atoms with E-state index in [2.05, 4.69) is 0 Å². The summed E-state index contributed by atoms with van der Waals surface area (Å²) in [6.45, 7) is 0.325. The van der Waals surface area contributed by atoms with Gasteiger partial charge in [0, 0.05) is 12.1 Å². The minimum Gasteiger partial charge on any atom is -0.497 e. The summed E-state index contributed by atoms with van der Waals surface area (Å²) in [4.78, 5) is 0. The Bertz CT molecular complexity index is 322. The first-order valence-corrected chi connectivity index (χ1v) is 4.55. The van der Waals surface area contributed by atoms with Crippen molar-refractivity contribution >= 4 is 0 Å². The van der Waals surface area contributed by atoms with Crippen LogP contribution in [0.2, 0.25) is 0 Å². The molecule has 1 aromatic carbocycles. The molecular formula is C11H14FNO2. The lowest BCUT2D eigenvalue weighted by Crippen LogP contribution is -2.10. The monoisotopic (exact) mass is 211 g/mol. The van der Waals surface area contributed by atoms with Crippen molar-refractivity contribution in [2.75, 3.05) is 20.3 Å². The number of ether oxygens (including phenoxy) is 2. The Labute approximate surface area is 88.3 Å². The van der Waals surface area contributed by atoms with Gasteiger partial charge in [-0.3, -0.25) is 0 Å². The van der Waals surface area contributed by atoms with Crippen LogP contribution in [-0.2, 0) is 0 Å². The molecule has 0 fully saturated rings. The Morgan fingerprint density at radius 2 is 1.93 bits per heavy atom. The van der Waals surface area contributed by atoms with Crippen molar-refractivity contribution in [3.05, 3.63) is 36.2 Å². The van der Waals surface area contributed by atoms with Gasteiger partial charge in [-0.05, 0) is 24.3 Å². The average molecular weight is 211 g/mol. The van der Waals surface area contributed by atoms with Crippen LogP contribution < -0.4 is 15.2 Å². The lowest BCUT2D eigenvalue weighted by Gasteiger charge is -2.07. The molecular weight excluding hydrogens is 197 g/mol. The SMILES string of the molecule is COc1ccc(OC/C(=C/F)CN)cc1. The molecule has 0 atom stereocenters. The van der Waals surface area contributed by atoms with Gasteiger partial charge in [-0.2, -0.15) is 0 Å². The van der Waals surface area contributed by atoms with Crippen LogP contribution >= 0.6 is 0 Å². The van der Waals surface area contributed by atoms with Crippen LogP contribution in [0.25, 0.3) is 0 Å². The van der Waals surface area contributed by atoms with Crippen molar-refractivity contribution < 1.29 is 13.9 Å². The second-order valence-corrected chi connectivity index (χ2v) is 2.94. The van der Waals surface area contributed by atoms with Gasteiger partial charge in [0.25, 0.3) is 0 Å². The minimum atomic E-state index is 0.159. The molecule has 1 aromatic rings. The highest BCUT2D eigenvalue weighted by Gasteiger charge is 1.98. The average Bonchev–Trinajstić information content (AvgIpc) is 2.31. The maximum Gasteiger partial charge on any atom is 0.120 e. The van der Waals surface area contributed by atoms with E-state index in [-0.39, 0.29) is 13.2 Å². The molecule has 0 aliphatic heterocycles. The van der Waals surface area contributed by atoms with Gasteiger partial charge in [-0.25, -0.2) is 4.39 Å². The quantitative estimate of drug-likeness (QED) is 0.808. The summed E-state index contributed by atoms with van der Waals surface area (Å²) in [5.74, 6) is 1.41. The van der Waals surface area contributed by atoms with E-state index in [4.69, 9.17) is 15.2 Å². The van der Waals surface area contributed by atoms with Crippen molar-refractivity contribution in [2.24, 2.45) is 5.73 Å². The van der Waals surface area contributed by atoms with Crippen LogP contribution in [0.4, 0.5) is 4.39 Å². The predicted octanol–water partition coefficient (Wildman–Crippen LogP) is 1.89. The fourth-order valence-electron chi connectivity index (χ4n) is 0.983. The molecule has 0 aliphatic rings. The molecule has 0 spiro atoms. The summed E-state index contributed by atoms with van der Waals surface area (Å²) in [7, 11) is 1.59. The van der Waals surface area contributed by atoms with Gasteiger partial charge >= 0.3 is 0 Å². The van der Waals surface area contributed by atoms with Crippen molar-refractivity contribution in [3.8, 4) is 11.5 Å². The molecule has 1 rings (SSSR count). The second-order valence-electron chi connectivity index (χ2n) is 2.94.